The van der Waals surface area contributed by atoms with Gasteiger partial charge in [-0.2, -0.15) is 26.3 Å². The zero-order chi connectivity index (χ0) is 27.0. The standard InChI is InChI=1S/C17H25FN2O.2C2HF3O2/c1-19-10-15(11-21-2)17(12-19)7-8-20(13-17)9-14-5-3-4-6-16(14)18;2*3-2(4,5)1(6)7/h3-6,15H,7-13H2,1-2H3;2*(H,6,7)/t15-,17-;;/m1../s1. The molecule has 0 saturated carbocycles. The van der Waals surface area contributed by atoms with Crippen LogP contribution in [0.2, 0.25) is 0 Å². The number of likely N-dealkylation sites (tertiary alicyclic amines) is 2. The second kappa shape index (κ2) is 12.5. The van der Waals surface area contributed by atoms with Gasteiger partial charge in [0.15, 0.2) is 0 Å². The number of hydrogen-bond acceptors (Lipinski definition) is 5. The number of carboxylic acid groups (broad SMARTS) is 2. The molecule has 2 aliphatic rings. The van der Waals surface area contributed by atoms with Gasteiger partial charge in [0.2, 0.25) is 0 Å². The summed E-state index contributed by atoms with van der Waals surface area (Å²) < 4.78 is 82.7. The number of rotatable bonds is 4. The summed E-state index contributed by atoms with van der Waals surface area (Å²) in [6.45, 7) is 5.91. The number of carbonyl (C=O) groups is 2. The Morgan fingerprint density at radius 3 is 2.03 bits per heavy atom. The molecule has 3 rings (SSSR count). The highest BCUT2D eigenvalue weighted by Gasteiger charge is 2.49. The Morgan fingerprint density at radius 2 is 1.57 bits per heavy atom. The van der Waals surface area contributed by atoms with Crippen molar-refractivity contribution in [2.75, 3.05) is 46.9 Å². The van der Waals surface area contributed by atoms with Crippen LogP contribution in [0.15, 0.2) is 24.3 Å². The SMILES string of the molecule is COC[C@H]1CN(C)C[C@@]12CCN(Cc1ccccc1F)C2.O=C(O)C(F)(F)F.O=C(O)C(F)(F)F. The Labute approximate surface area is 197 Å². The van der Waals surface area contributed by atoms with E-state index in [0.717, 1.165) is 44.9 Å². The van der Waals surface area contributed by atoms with Crippen LogP contribution in [0.1, 0.15) is 12.0 Å². The molecule has 2 atom stereocenters. The Hall–Kier alpha value is -2.45. The third-order valence-corrected chi connectivity index (χ3v) is 5.65. The third-order valence-electron chi connectivity index (χ3n) is 5.65. The van der Waals surface area contributed by atoms with Gasteiger partial charge in [0.25, 0.3) is 0 Å². The number of ether oxygens (including phenoxy) is 1. The lowest BCUT2D eigenvalue weighted by atomic mass is 9.77. The number of hydrogen-bond donors (Lipinski definition) is 2. The van der Waals surface area contributed by atoms with E-state index in [1.54, 1.807) is 19.2 Å². The highest BCUT2D eigenvalue weighted by molar-refractivity contribution is 5.73. The molecule has 2 saturated heterocycles. The van der Waals surface area contributed by atoms with Crippen LogP contribution >= 0.6 is 0 Å². The summed E-state index contributed by atoms with van der Waals surface area (Å²) in [6.07, 6.45) is -8.97. The molecule has 2 fully saturated rings. The summed E-state index contributed by atoms with van der Waals surface area (Å²) in [4.78, 5) is 22.6. The Morgan fingerprint density at radius 1 is 1.06 bits per heavy atom. The van der Waals surface area contributed by atoms with Gasteiger partial charge in [-0.15, -0.1) is 0 Å². The van der Waals surface area contributed by atoms with E-state index in [4.69, 9.17) is 24.5 Å². The monoisotopic (exact) mass is 520 g/mol. The van der Waals surface area contributed by atoms with E-state index in [1.165, 1.54) is 6.42 Å². The molecule has 0 bridgehead atoms. The van der Waals surface area contributed by atoms with Gasteiger partial charge in [-0.05, 0) is 26.1 Å². The number of aliphatic carboxylic acids is 2. The van der Waals surface area contributed by atoms with E-state index in [-0.39, 0.29) is 5.82 Å². The number of benzene rings is 1. The highest BCUT2D eigenvalue weighted by Crippen LogP contribution is 2.43. The fourth-order valence-electron chi connectivity index (χ4n) is 4.18. The highest BCUT2D eigenvalue weighted by atomic mass is 19.4. The number of methoxy groups -OCH3 is 1. The number of nitrogens with zero attached hydrogens (tertiary/aromatic N) is 2. The summed E-state index contributed by atoms with van der Waals surface area (Å²) >= 11 is 0. The minimum absolute atomic E-state index is 0.0876. The lowest BCUT2D eigenvalue weighted by Crippen LogP contribution is -2.36. The first-order valence-electron chi connectivity index (χ1n) is 10.3. The van der Waals surface area contributed by atoms with E-state index in [1.807, 2.05) is 12.1 Å². The molecule has 200 valence electrons. The topological polar surface area (TPSA) is 90.3 Å². The summed E-state index contributed by atoms with van der Waals surface area (Å²) in [7, 11) is 3.98. The first-order valence-corrected chi connectivity index (χ1v) is 10.3. The normalized spacial score (nSPS) is 22.8. The molecule has 7 nitrogen and oxygen atoms in total. The minimum atomic E-state index is -5.08. The van der Waals surface area contributed by atoms with Crippen molar-refractivity contribution < 1.29 is 55.3 Å². The first kappa shape index (κ1) is 30.6. The van der Waals surface area contributed by atoms with E-state index in [2.05, 4.69) is 16.8 Å². The van der Waals surface area contributed by atoms with Gasteiger partial charge in [0.05, 0.1) is 6.61 Å². The molecule has 0 aliphatic carbocycles. The lowest BCUT2D eigenvalue weighted by Gasteiger charge is -2.30. The van der Waals surface area contributed by atoms with Crippen molar-refractivity contribution >= 4 is 11.9 Å². The molecular weight excluding hydrogens is 493 g/mol. The van der Waals surface area contributed by atoms with Crippen LogP contribution in [0.5, 0.6) is 0 Å². The smallest absolute Gasteiger partial charge is 0.475 e. The van der Waals surface area contributed by atoms with Crippen molar-refractivity contribution in [3.8, 4) is 0 Å². The van der Waals surface area contributed by atoms with Gasteiger partial charge in [-0.25, -0.2) is 14.0 Å². The summed E-state index contributed by atoms with van der Waals surface area (Å²) in [5.74, 6) is -5.01. The molecule has 0 unspecified atom stereocenters. The second-order valence-corrected chi connectivity index (χ2v) is 8.37. The largest absolute Gasteiger partial charge is 0.490 e. The van der Waals surface area contributed by atoms with Gasteiger partial charge >= 0.3 is 24.3 Å². The third kappa shape index (κ3) is 9.61. The number of alkyl halides is 6. The molecule has 2 N–H and O–H groups in total. The summed E-state index contributed by atoms with van der Waals surface area (Å²) in [6, 6.07) is 7.12. The number of halogens is 7. The summed E-state index contributed by atoms with van der Waals surface area (Å²) in [5, 5.41) is 14.2. The first-order chi connectivity index (χ1) is 16.0. The molecule has 0 aromatic heterocycles. The van der Waals surface area contributed by atoms with Crippen molar-refractivity contribution in [2.45, 2.75) is 25.3 Å². The van der Waals surface area contributed by atoms with Gasteiger partial charge in [-0.1, -0.05) is 18.2 Å². The fourth-order valence-corrected chi connectivity index (χ4v) is 4.18. The van der Waals surface area contributed by atoms with E-state index in [9.17, 15) is 30.7 Å². The molecule has 2 heterocycles. The van der Waals surface area contributed by atoms with Crippen molar-refractivity contribution in [1.82, 2.24) is 9.80 Å². The molecule has 14 heteroatoms. The van der Waals surface area contributed by atoms with Crippen LogP contribution in [-0.4, -0.2) is 91.2 Å². The Kier molecular flexibility index (Phi) is 10.9. The van der Waals surface area contributed by atoms with Gasteiger partial charge < -0.3 is 19.8 Å². The Balaban J connectivity index is 0.000000362. The van der Waals surface area contributed by atoms with Crippen LogP contribution in [0.25, 0.3) is 0 Å². The summed E-state index contributed by atoms with van der Waals surface area (Å²) in [5.41, 5.74) is 1.14. The molecular formula is C21H27F7N2O5. The van der Waals surface area contributed by atoms with Crippen LogP contribution in [0, 0.1) is 17.2 Å². The minimum Gasteiger partial charge on any atom is -0.475 e. The fraction of sp³-hybridized carbons (Fsp3) is 0.619. The molecule has 1 aromatic rings. The zero-order valence-corrected chi connectivity index (χ0v) is 19.0. The second-order valence-electron chi connectivity index (χ2n) is 8.37. The van der Waals surface area contributed by atoms with Gasteiger partial charge in [-0.3, -0.25) is 4.90 Å². The van der Waals surface area contributed by atoms with E-state index < -0.39 is 24.3 Å². The number of carboxylic acids is 2. The van der Waals surface area contributed by atoms with Crippen molar-refractivity contribution in [3.05, 3.63) is 35.6 Å². The molecule has 0 radical (unpaired) electrons. The maximum absolute atomic E-state index is 13.8. The average Bonchev–Trinajstić information content (AvgIpc) is 3.26. The Bertz CT molecular complexity index is 826. The molecule has 35 heavy (non-hydrogen) atoms. The van der Waals surface area contributed by atoms with Crippen molar-refractivity contribution in [1.29, 1.82) is 0 Å². The molecule has 2 aliphatic heterocycles. The van der Waals surface area contributed by atoms with Crippen LogP contribution < -0.4 is 0 Å². The predicted octanol–water partition coefficient (Wildman–Crippen LogP) is 3.49. The van der Waals surface area contributed by atoms with Crippen LogP contribution in [-0.2, 0) is 20.9 Å². The van der Waals surface area contributed by atoms with Gasteiger partial charge in [0.1, 0.15) is 5.82 Å². The van der Waals surface area contributed by atoms with Crippen molar-refractivity contribution in [3.63, 3.8) is 0 Å². The van der Waals surface area contributed by atoms with E-state index in [0.29, 0.717) is 11.3 Å². The van der Waals surface area contributed by atoms with Crippen LogP contribution in [0.3, 0.4) is 0 Å². The maximum atomic E-state index is 13.8. The average molecular weight is 520 g/mol. The predicted molar refractivity (Wildman–Crippen MR) is 109 cm³/mol. The van der Waals surface area contributed by atoms with Crippen molar-refractivity contribution in [2.24, 2.45) is 11.3 Å². The molecule has 0 amide bonds. The van der Waals surface area contributed by atoms with E-state index >= 15 is 0 Å². The lowest BCUT2D eigenvalue weighted by molar-refractivity contribution is -0.193. The van der Waals surface area contributed by atoms with Crippen LogP contribution in [0.4, 0.5) is 30.7 Å². The van der Waals surface area contributed by atoms with Gasteiger partial charge in [0, 0.05) is 50.2 Å². The quantitative estimate of drug-likeness (QED) is 0.588. The maximum Gasteiger partial charge on any atom is 0.490 e. The molecule has 1 spiro atoms. The molecule has 1 aromatic carbocycles. The zero-order valence-electron chi connectivity index (χ0n) is 19.0.